The van der Waals surface area contributed by atoms with Crippen LogP contribution >= 0.6 is 0 Å². The normalized spacial score (nSPS) is 18.1. The van der Waals surface area contributed by atoms with Gasteiger partial charge in [-0.3, -0.25) is 4.79 Å². The minimum Gasteiger partial charge on any atom is -0.366 e. The highest BCUT2D eigenvalue weighted by molar-refractivity contribution is 5.95. The zero-order valence-electron chi connectivity index (χ0n) is 17.4. The topological polar surface area (TPSA) is 58.1 Å². The van der Waals surface area contributed by atoms with Gasteiger partial charge in [-0.15, -0.1) is 0 Å². The third-order valence-corrected chi connectivity index (χ3v) is 5.62. The van der Waals surface area contributed by atoms with Gasteiger partial charge in [-0.2, -0.15) is 0 Å². The maximum atomic E-state index is 13.6. The third-order valence-electron chi connectivity index (χ3n) is 5.62. The number of rotatable bonds is 4. The van der Waals surface area contributed by atoms with Crippen molar-refractivity contribution in [2.24, 2.45) is 0 Å². The van der Waals surface area contributed by atoms with E-state index >= 15 is 0 Å². The summed E-state index contributed by atoms with van der Waals surface area (Å²) < 4.78 is 13.6. The van der Waals surface area contributed by atoms with Crippen LogP contribution in [0.2, 0.25) is 0 Å². The molecule has 1 aliphatic heterocycles. The van der Waals surface area contributed by atoms with Crippen molar-refractivity contribution in [3.63, 3.8) is 0 Å². The molecule has 30 heavy (non-hydrogen) atoms. The van der Waals surface area contributed by atoms with Crippen LogP contribution in [0.5, 0.6) is 0 Å². The van der Waals surface area contributed by atoms with E-state index < -0.39 is 0 Å². The summed E-state index contributed by atoms with van der Waals surface area (Å²) in [6.07, 6.45) is 2.37. The van der Waals surface area contributed by atoms with Crippen LogP contribution in [-0.4, -0.2) is 26.8 Å². The lowest BCUT2D eigenvalue weighted by molar-refractivity contribution is 0.0580. The highest BCUT2D eigenvalue weighted by atomic mass is 19.1. The van der Waals surface area contributed by atoms with Gasteiger partial charge in [0, 0.05) is 24.3 Å². The highest BCUT2D eigenvalue weighted by Crippen LogP contribution is 2.34. The van der Waals surface area contributed by atoms with Gasteiger partial charge in [0.25, 0.3) is 5.91 Å². The van der Waals surface area contributed by atoms with E-state index in [4.69, 9.17) is 0 Å². The molecule has 154 valence electrons. The average Bonchev–Trinajstić information content (AvgIpc) is 2.72. The summed E-state index contributed by atoms with van der Waals surface area (Å²) in [6.45, 7) is 6.43. The molecule has 0 saturated heterocycles. The molecule has 1 aliphatic rings. The van der Waals surface area contributed by atoms with Gasteiger partial charge in [0.1, 0.15) is 17.5 Å². The SMILES string of the molecule is Cc1nccc(NCc2cccc(C(=O)N3C(C)Cc4cc(F)ccc4C3C)c2)n1. The Kier molecular flexibility index (Phi) is 5.48. The number of anilines is 1. The Labute approximate surface area is 176 Å². The van der Waals surface area contributed by atoms with Crippen molar-refractivity contribution >= 4 is 11.7 Å². The van der Waals surface area contributed by atoms with Crippen molar-refractivity contribution in [2.75, 3.05) is 5.32 Å². The van der Waals surface area contributed by atoms with Crippen LogP contribution in [-0.2, 0) is 13.0 Å². The highest BCUT2D eigenvalue weighted by Gasteiger charge is 2.33. The van der Waals surface area contributed by atoms with E-state index in [0.29, 0.717) is 24.4 Å². The molecule has 5 nitrogen and oxygen atoms in total. The third kappa shape index (κ3) is 4.03. The maximum absolute atomic E-state index is 13.6. The lowest BCUT2D eigenvalue weighted by Crippen LogP contribution is -2.45. The second kappa shape index (κ2) is 8.22. The molecule has 2 aromatic carbocycles. The van der Waals surface area contributed by atoms with Gasteiger partial charge in [-0.25, -0.2) is 14.4 Å². The first-order chi connectivity index (χ1) is 14.4. The van der Waals surface area contributed by atoms with Crippen LogP contribution in [0.25, 0.3) is 0 Å². The number of nitrogens with zero attached hydrogens (tertiary/aromatic N) is 3. The number of fused-ring (bicyclic) bond motifs is 1. The Morgan fingerprint density at radius 3 is 2.83 bits per heavy atom. The van der Waals surface area contributed by atoms with E-state index in [1.165, 1.54) is 6.07 Å². The number of hydrogen-bond acceptors (Lipinski definition) is 4. The molecule has 2 heterocycles. The standard InChI is InChI=1S/C24H25FN4O/c1-15-11-20-13-21(25)7-8-22(20)16(2)29(15)24(30)19-6-4-5-18(12-19)14-27-23-9-10-26-17(3)28-23/h4-10,12-13,15-16H,11,14H2,1-3H3,(H,26,27,28). The molecule has 0 aliphatic carbocycles. The van der Waals surface area contributed by atoms with Gasteiger partial charge in [0.05, 0.1) is 6.04 Å². The van der Waals surface area contributed by atoms with E-state index in [-0.39, 0.29) is 23.8 Å². The van der Waals surface area contributed by atoms with Crippen LogP contribution in [0.3, 0.4) is 0 Å². The summed E-state index contributed by atoms with van der Waals surface area (Å²) >= 11 is 0. The maximum Gasteiger partial charge on any atom is 0.254 e. The minimum absolute atomic E-state index is 0.00687. The molecular formula is C24H25FN4O. The van der Waals surface area contributed by atoms with Crippen LogP contribution in [0.4, 0.5) is 10.2 Å². The molecule has 0 radical (unpaired) electrons. The number of hydrogen-bond donors (Lipinski definition) is 1. The molecule has 0 fully saturated rings. The minimum atomic E-state index is -0.230. The van der Waals surface area contributed by atoms with Gasteiger partial charge in [-0.1, -0.05) is 18.2 Å². The molecule has 1 N–H and O–H groups in total. The fourth-order valence-electron chi connectivity index (χ4n) is 4.19. The number of halogens is 1. The Balaban J connectivity index is 1.53. The van der Waals surface area contributed by atoms with Gasteiger partial charge in [0.2, 0.25) is 0 Å². The Morgan fingerprint density at radius 1 is 1.20 bits per heavy atom. The fraction of sp³-hybridized carbons (Fsp3) is 0.292. The summed E-state index contributed by atoms with van der Waals surface area (Å²) in [5, 5.41) is 3.27. The van der Waals surface area contributed by atoms with Crippen LogP contribution in [0.1, 0.15) is 52.8 Å². The summed E-state index contributed by atoms with van der Waals surface area (Å²) in [6, 6.07) is 14.2. The van der Waals surface area contributed by atoms with Crippen LogP contribution in [0, 0.1) is 12.7 Å². The lowest BCUT2D eigenvalue weighted by atomic mass is 9.88. The molecular weight excluding hydrogens is 379 g/mol. The van der Waals surface area contributed by atoms with E-state index in [0.717, 1.165) is 22.5 Å². The zero-order chi connectivity index (χ0) is 21.3. The largest absolute Gasteiger partial charge is 0.366 e. The molecule has 0 bridgehead atoms. The Hall–Kier alpha value is -3.28. The van der Waals surface area contributed by atoms with Crippen LogP contribution < -0.4 is 5.32 Å². The van der Waals surface area contributed by atoms with Gasteiger partial charge < -0.3 is 10.2 Å². The van der Waals surface area contributed by atoms with Gasteiger partial charge >= 0.3 is 0 Å². The molecule has 2 atom stereocenters. The number of amides is 1. The summed E-state index contributed by atoms with van der Waals surface area (Å²) in [5.41, 5.74) is 3.64. The summed E-state index contributed by atoms with van der Waals surface area (Å²) in [7, 11) is 0. The van der Waals surface area contributed by atoms with Crippen molar-refractivity contribution in [2.45, 2.75) is 45.8 Å². The number of nitrogens with one attached hydrogen (secondary N) is 1. The predicted molar refractivity (Wildman–Crippen MR) is 115 cm³/mol. The molecule has 0 saturated carbocycles. The lowest BCUT2D eigenvalue weighted by Gasteiger charge is -2.40. The number of aromatic nitrogens is 2. The number of benzene rings is 2. The molecule has 4 rings (SSSR count). The van der Waals surface area contributed by atoms with Crippen molar-refractivity contribution < 1.29 is 9.18 Å². The zero-order valence-corrected chi connectivity index (χ0v) is 17.4. The summed E-state index contributed by atoms with van der Waals surface area (Å²) in [4.78, 5) is 23.7. The van der Waals surface area contributed by atoms with E-state index in [9.17, 15) is 9.18 Å². The van der Waals surface area contributed by atoms with E-state index in [1.54, 1.807) is 18.3 Å². The first-order valence-electron chi connectivity index (χ1n) is 10.2. The Bertz CT molecular complexity index is 1080. The number of carbonyl (C=O) groups is 1. The van der Waals surface area contributed by atoms with Gasteiger partial charge in [0.15, 0.2) is 0 Å². The van der Waals surface area contributed by atoms with Crippen molar-refractivity contribution in [1.82, 2.24) is 14.9 Å². The molecule has 1 amide bonds. The Morgan fingerprint density at radius 2 is 2.03 bits per heavy atom. The van der Waals surface area contributed by atoms with Crippen molar-refractivity contribution in [3.8, 4) is 0 Å². The fourth-order valence-corrected chi connectivity index (χ4v) is 4.19. The number of aryl methyl sites for hydroxylation is 1. The number of carbonyl (C=O) groups excluding carboxylic acids is 1. The van der Waals surface area contributed by atoms with Crippen molar-refractivity contribution in [3.05, 3.63) is 88.6 Å². The first kappa shape index (κ1) is 20.0. The molecule has 2 unspecified atom stereocenters. The average molecular weight is 404 g/mol. The molecule has 1 aromatic heterocycles. The second-order valence-corrected chi connectivity index (χ2v) is 7.83. The summed E-state index contributed by atoms with van der Waals surface area (Å²) in [5.74, 6) is 1.22. The van der Waals surface area contributed by atoms with Crippen LogP contribution in [0.15, 0.2) is 54.7 Å². The monoisotopic (exact) mass is 404 g/mol. The van der Waals surface area contributed by atoms with Crippen molar-refractivity contribution in [1.29, 1.82) is 0 Å². The predicted octanol–water partition coefficient (Wildman–Crippen LogP) is 4.68. The molecule has 0 spiro atoms. The molecule has 3 aromatic rings. The molecule has 6 heteroatoms. The van der Waals surface area contributed by atoms with E-state index in [1.807, 2.05) is 56.0 Å². The van der Waals surface area contributed by atoms with E-state index in [2.05, 4.69) is 15.3 Å². The smallest absolute Gasteiger partial charge is 0.254 e. The van der Waals surface area contributed by atoms with Gasteiger partial charge in [-0.05, 0) is 74.2 Å². The first-order valence-corrected chi connectivity index (χ1v) is 10.2. The second-order valence-electron chi connectivity index (χ2n) is 7.83. The quantitative estimate of drug-likeness (QED) is 0.686.